The van der Waals surface area contributed by atoms with Crippen LogP contribution < -0.4 is 5.32 Å². The molecule has 1 heterocycles. The minimum Gasteiger partial charge on any atom is -0.321 e. The molecular formula is C12H6ClF3N2O. The van der Waals surface area contributed by atoms with E-state index in [2.05, 4.69) is 10.3 Å². The third-order valence-corrected chi connectivity index (χ3v) is 2.58. The number of amides is 1. The number of anilines is 1. The number of carbonyl (C=O) groups excluding carboxylic acids is 1. The molecule has 98 valence electrons. The highest BCUT2D eigenvalue weighted by molar-refractivity contribution is 6.33. The lowest BCUT2D eigenvalue weighted by Gasteiger charge is -2.07. The number of rotatable bonds is 2. The summed E-state index contributed by atoms with van der Waals surface area (Å²) in [7, 11) is 0. The minimum atomic E-state index is -1.38. The zero-order valence-electron chi connectivity index (χ0n) is 9.25. The topological polar surface area (TPSA) is 42.0 Å². The van der Waals surface area contributed by atoms with Crippen LogP contribution in [0.1, 0.15) is 10.4 Å². The molecule has 1 aromatic heterocycles. The molecule has 0 unspecified atom stereocenters. The van der Waals surface area contributed by atoms with Gasteiger partial charge in [-0.15, -0.1) is 0 Å². The monoisotopic (exact) mass is 286 g/mol. The molecule has 19 heavy (non-hydrogen) atoms. The first kappa shape index (κ1) is 13.4. The van der Waals surface area contributed by atoms with Crippen molar-refractivity contribution in [3.63, 3.8) is 0 Å². The van der Waals surface area contributed by atoms with Crippen molar-refractivity contribution in [2.24, 2.45) is 0 Å². The molecule has 3 nitrogen and oxygen atoms in total. The fraction of sp³-hybridized carbons (Fsp3) is 0. The normalized spacial score (nSPS) is 10.3. The lowest BCUT2D eigenvalue weighted by atomic mass is 10.2. The molecule has 1 amide bonds. The molecule has 0 spiro atoms. The molecule has 0 saturated carbocycles. The Kier molecular flexibility index (Phi) is 3.71. The molecule has 0 bridgehead atoms. The molecule has 2 aromatic rings. The zero-order valence-corrected chi connectivity index (χ0v) is 10.0. The fourth-order valence-corrected chi connectivity index (χ4v) is 1.59. The summed E-state index contributed by atoms with van der Waals surface area (Å²) in [5.74, 6) is -4.23. The highest BCUT2D eigenvalue weighted by Gasteiger charge is 2.17. The first-order chi connectivity index (χ1) is 8.99. The Hall–Kier alpha value is -2.08. The molecule has 0 saturated heterocycles. The Morgan fingerprint density at radius 2 is 1.95 bits per heavy atom. The van der Waals surface area contributed by atoms with Gasteiger partial charge >= 0.3 is 0 Å². The molecule has 0 radical (unpaired) electrons. The van der Waals surface area contributed by atoms with Crippen LogP contribution >= 0.6 is 11.6 Å². The van der Waals surface area contributed by atoms with E-state index in [-0.39, 0.29) is 10.7 Å². The maximum Gasteiger partial charge on any atom is 0.258 e. The number of nitrogens with one attached hydrogen (secondary N) is 1. The molecule has 1 aromatic carbocycles. The summed E-state index contributed by atoms with van der Waals surface area (Å²) in [6, 6.07) is 4.29. The van der Waals surface area contributed by atoms with Crippen molar-refractivity contribution >= 4 is 23.2 Å². The maximum absolute atomic E-state index is 13.3. The van der Waals surface area contributed by atoms with Crippen molar-refractivity contribution in [3.8, 4) is 0 Å². The number of pyridine rings is 1. The Balaban J connectivity index is 2.28. The van der Waals surface area contributed by atoms with Crippen molar-refractivity contribution in [1.29, 1.82) is 0 Å². The average Bonchev–Trinajstić information content (AvgIpc) is 2.36. The molecule has 0 atom stereocenters. The summed E-state index contributed by atoms with van der Waals surface area (Å²) in [4.78, 5) is 14.8. The molecule has 0 aliphatic carbocycles. The van der Waals surface area contributed by atoms with Gasteiger partial charge in [0.15, 0.2) is 5.82 Å². The lowest BCUT2D eigenvalue weighted by molar-refractivity contribution is 0.102. The minimum absolute atomic E-state index is 0.0525. The number of hydrogen-bond acceptors (Lipinski definition) is 2. The fourth-order valence-electron chi connectivity index (χ4n) is 1.37. The van der Waals surface area contributed by atoms with Crippen LogP contribution in [0.25, 0.3) is 0 Å². The zero-order chi connectivity index (χ0) is 14.0. The summed E-state index contributed by atoms with van der Waals surface area (Å²) >= 11 is 5.70. The van der Waals surface area contributed by atoms with Gasteiger partial charge in [-0.3, -0.25) is 4.79 Å². The first-order valence-electron chi connectivity index (χ1n) is 5.05. The Morgan fingerprint density at radius 1 is 1.21 bits per heavy atom. The largest absolute Gasteiger partial charge is 0.321 e. The van der Waals surface area contributed by atoms with Crippen molar-refractivity contribution in [3.05, 3.63) is 58.6 Å². The smallest absolute Gasteiger partial charge is 0.258 e. The van der Waals surface area contributed by atoms with E-state index in [9.17, 15) is 18.0 Å². The molecule has 0 aliphatic rings. The van der Waals surface area contributed by atoms with Gasteiger partial charge in [-0.2, -0.15) is 4.39 Å². The predicted molar refractivity (Wildman–Crippen MR) is 63.5 cm³/mol. The van der Waals surface area contributed by atoms with E-state index in [1.165, 1.54) is 6.07 Å². The second-order valence-corrected chi connectivity index (χ2v) is 3.95. The maximum atomic E-state index is 13.3. The standard InChI is InChI=1S/C12H6ClF3N2O/c13-8-5-6(14)1-2-9(8)18-12(19)7-3-4-17-11(16)10(7)15/h1-5H,(H,18,19). The summed E-state index contributed by atoms with van der Waals surface area (Å²) in [6.45, 7) is 0. The highest BCUT2D eigenvalue weighted by atomic mass is 35.5. The van der Waals surface area contributed by atoms with Crippen LogP contribution in [0.5, 0.6) is 0 Å². The van der Waals surface area contributed by atoms with E-state index in [0.29, 0.717) is 0 Å². The Labute approximate surface area is 111 Å². The Morgan fingerprint density at radius 3 is 2.63 bits per heavy atom. The van der Waals surface area contributed by atoms with Crippen LogP contribution in [0, 0.1) is 17.6 Å². The lowest BCUT2D eigenvalue weighted by Crippen LogP contribution is -2.15. The van der Waals surface area contributed by atoms with E-state index < -0.39 is 29.1 Å². The van der Waals surface area contributed by atoms with E-state index >= 15 is 0 Å². The van der Waals surface area contributed by atoms with Crippen LogP contribution in [0.3, 0.4) is 0 Å². The van der Waals surface area contributed by atoms with Gasteiger partial charge in [-0.25, -0.2) is 13.8 Å². The third-order valence-electron chi connectivity index (χ3n) is 2.27. The number of hydrogen-bond donors (Lipinski definition) is 1. The number of aromatic nitrogens is 1. The number of halogens is 4. The highest BCUT2D eigenvalue weighted by Crippen LogP contribution is 2.23. The van der Waals surface area contributed by atoms with Crippen molar-refractivity contribution in [2.75, 3.05) is 5.32 Å². The number of benzene rings is 1. The van der Waals surface area contributed by atoms with Gasteiger partial charge < -0.3 is 5.32 Å². The third kappa shape index (κ3) is 2.85. The second kappa shape index (κ2) is 5.27. The summed E-state index contributed by atoms with van der Waals surface area (Å²) in [5, 5.41) is 2.20. The van der Waals surface area contributed by atoms with Crippen molar-refractivity contribution in [2.45, 2.75) is 0 Å². The predicted octanol–water partition coefficient (Wildman–Crippen LogP) is 3.40. The van der Waals surface area contributed by atoms with Crippen molar-refractivity contribution < 1.29 is 18.0 Å². The van der Waals surface area contributed by atoms with E-state index in [1.807, 2.05) is 0 Å². The average molecular weight is 287 g/mol. The second-order valence-electron chi connectivity index (χ2n) is 3.54. The van der Waals surface area contributed by atoms with Crippen LogP contribution in [-0.2, 0) is 0 Å². The van der Waals surface area contributed by atoms with Gasteiger partial charge in [-0.05, 0) is 24.3 Å². The van der Waals surface area contributed by atoms with Gasteiger partial charge in [0.2, 0.25) is 5.95 Å². The molecule has 2 rings (SSSR count). The SMILES string of the molecule is O=C(Nc1ccc(F)cc1Cl)c1ccnc(F)c1F. The van der Waals surface area contributed by atoms with Gasteiger partial charge in [0.25, 0.3) is 5.91 Å². The van der Waals surface area contributed by atoms with Crippen LogP contribution in [-0.4, -0.2) is 10.9 Å². The van der Waals surface area contributed by atoms with Crippen LogP contribution in [0.15, 0.2) is 30.5 Å². The Bertz CT molecular complexity index is 649. The van der Waals surface area contributed by atoms with E-state index in [1.54, 1.807) is 0 Å². The summed E-state index contributed by atoms with van der Waals surface area (Å²) < 4.78 is 39.0. The molecular weight excluding hydrogens is 281 g/mol. The molecule has 0 aliphatic heterocycles. The quantitative estimate of drug-likeness (QED) is 0.860. The summed E-state index contributed by atoms with van der Waals surface area (Å²) in [6.07, 6.45) is 0.958. The molecule has 0 fully saturated rings. The first-order valence-corrected chi connectivity index (χ1v) is 5.43. The van der Waals surface area contributed by atoms with Gasteiger partial charge in [-0.1, -0.05) is 11.6 Å². The van der Waals surface area contributed by atoms with Gasteiger partial charge in [0.05, 0.1) is 16.3 Å². The number of carbonyl (C=O) groups is 1. The van der Waals surface area contributed by atoms with Gasteiger partial charge in [0.1, 0.15) is 5.82 Å². The van der Waals surface area contributed by atoms with Crippen LogP contribution in [0.2, 0.25) is 5.02 Å². The molecule has 7 heteroatoms. The number of nitrogens with zero attached hydrogens (tertiary/aromatic N) is 1. The molecule has 1 N–H and O–H groups in total. The van der Waals surface area contributed by atoms with Crippen LogP contribution in [0.4, 0.5) is 18.9 Å². The summed E-state index contributed by atoms with van der Waals surface area (Å²) in [5.41, 5.74) is -0.433. The van der Waals surface area contributed by atoms with E-state index in [4.69, 9.17) is 11.6 Å². The van der Waals surface area contributed by atoms with E-state index in [0.717, 1.165) is 24.4 Å². The van der Waals surface area contributed by atoms with Gasteiger partial charge in [0, 0.05) is 6.20 Å². The van der Waals surface area contributed by atoms with Crippen molar-refractivity contribution in [1.82, 2.24) is 4.98 Å².